The van der Waals surface area contributed by atoms with Gasteiger partial charge >= 0.3 is 0 Å². The number of hydrogen-bond acceptors (Lipinski definition) is 2. The maximum atomic E-state index is 5.66. The Morgan fingerprint density at radius 2 is 1.86 bits per heavy atom. The Labute approximate surface area is 140 Å². The van der Waals surface area contributed by atoms with Crippen LogP contribution in [0, 0.1) is 0 Å². The molecule has 2 aliphatic heterocycles. The Morgan fingerprint density at radius 1 is 1.10 bits per heavy atom. The molecular formula is C16H20BrN3S. The molecule has 1 aromatic rings. The quantitative estimate of drug-likeness (QED) is 0.700. The molecule has 0 atom stereocenters. The predicted octanol–water partition coefficient (Wildman–Crippen LogP) is 4.02. The summed E-state index contributed by atoms with van der Waals surface area (Å²) >= 11 is 9.18. The zero-order valence-corrected chi connectivity index (χ0v) is 14.5. The Balaban J connectivity index is 1.71. The summed E-state index contributed by atoms with van der Waals surface area (Å²) in [6.45, 7) is 3.06. The van der Waals surface area contributed by atoms with E-state index in [1.165, 1.54) is 31.2 Å². The molecule has 3 rings (SSSR count). The first-order chi connectivity index (χ1) is 10.2. The van der Waals surface area contributed by atoms with Crippen molar-refractivity contribution in [3.63, 3.8) is 0 Å². The first-order valence-corrected chi connectivity index (χ1v) is 8.84. The molecule has 5 heteroatoms. The molecule has 3 nitrogen and oxygen atoms in total. The van der Waals surface area contributed by atoms with Gasteiger partial charge in [0.05, 0.1) is 5.71 Å². The van der Waals surface area contributed by atoms with E-state index in [1.54, 1.807) is 0 Å². The molecule has 1 saturated heterocycles. The number of nitrogens with zero attached hydrogens (tertiary/aromatic N) is 3. The van der Waals surface area contributed by atoms with E-state index in [0.29, 0.717) is 0 Å². The molecule has 0 aliphatic carbocycles. The first kappa shape index (κ1) is 15.0. The van der Waals surface area contributed by atoms with Crippen molar-refractivity contribution >= 4 is 39.0 Å². The molecule has 112 valence electrons. The molecule has 21 heavy (non-hydrogen) atoms. The van der Waals surface area contributed by atoms with E-state index in [1.807, 2.05) is 11.1 Å². The van der Waals surface area contributed by atoms with Gasteiger partial charge in [-0.15, -0.1) is 0 Å². The Morgan fingerprint density at radius 3 is 2.57 bits per heavy atom. The van der Waals surface area contributed by atoms with E-state index < -0.39 is 0 Å². The molecule has 1 fully saturated rings. The van der Waals surface area contributed by atoms with E-state index in [4.69, 9.17) is 17.3 Å². The van der Waals surface area contributed by atoms with Crippen LogP contribution in [0.4, 0.5) is 0 Å². The standard InChI is InChI=1S/C16H20BrN3S/c17-14-7-5-6-13(12-14)15-8-11-20(18-15)16(21)19-9-3-1-2-4-10-19/h5-7,12H,1-4,8-11H2. The van der Waals surface area contributed by atoms with Gasteiger partial charge in [0.15, 0.2) is 5.11 Å². The second kappa shape index (κ2) is 6.88. The van der Waals surface area contributed by atoms with Crippen LogP contribution in [0.2, 0.25) is 0 Å². The number of benzene rings is 1. The second-order valence-corrected chi connectivity index (χ2v) is 6.89. The number of hydrogen-bond donors (Lipinski definition) is 0. The smallest absolute Gasteiger partial charge is 0.192 e. The third-order valence-corrected chi connectivity index (χ3v) is 5.02. The summed E-state index contributed by atoms with van der Waals surface area (Å²) in [5, 5.41) is 7.67. The summed E-state index contributed by atoms with van der Waals surface area (Å²) in [6, 6.07) is 8.33. The summed E-state index contributed by atoms with van der Waals surface area (Å²) in [5.74, 6) is 0. The minimum atomic E-state index is 0.900. The van der Waals surface area contributed by atoms with Gasteiger partial charge in [0.25, 0.3) is 0 Å². The Hall–Kier alpha value is -0.940. The van der Waals surface area contributed by atoms with Crippen molar-refractivity contribution in [2.75, 3.05) is 19.6 Å². The fraction of sp³-hybridized carbons (Fsp3) is 0.500. The maximum Gasteiger partial charge on any atom is 0.192 e. The molecular weight excluding hydrogens is 346 g/mol. The number of likely N-dealkylation sites (tertiary alicyclic amines) is 1. The van der Waals surface area contributed by atoms with Gasteiger partial charge in [-0.1, -0.05) is 40.9 Å². The van der Waals surface area contributed by atoms with Crippen molar-refractivity contribution in [1.29, 1.82) is 0 Å². The fourth-order valence-corrected chi connectivity index (χ4v) is 3.61. The molecule has 1 aromatic carbocycles. The van der Waals surface area contributed by atoms with Gasteiger partial charge in [0.1, 0.15) is 0 Å². The minimum absolute atomic E-state index is 0.900. The molecule has 0 spiro atoms. The van der Waals surface area contributed by atoms with Gasteiger partial charge in [0, 0.05) is 30.5 Å². The van der Waals surface area contributed by atoms with Gasteiger partial charge in [0.2, 0.25) is 0 Å². The van der Waals surface area contributed by atoms with Crippen molar-refractivity contribution in [2.45, 2.75) is 32.1 Å². The zero-order valence-electron chi connectivity index (χ0n) is 12.1. The van der Waals surface area contributed by atoms with Gasteiger partial charge in [-0.05, 0) is 42.8 Å². The molecule has 0 bridgehead atoms. The van der Waals surface area contributed by atoms with Gasteiger partial charge in [-0.2, -0.15) is 5.10 Å². The lowest BCUT2D eigenvalue weighted by Gasteiger charge is -2.27. The summed E-state index contributed by atoms with van der Waals surface area (Å²) in [6.07, 6.45) is 6.11. The molecule has 0 amide bonds. The normalized spacial score (nSPS) is 19.4. The van der Waals surface area contributed by atoms with Crippen molar-refractivity contribution < 1.29 is 0 Å². The minimum Gasteiger partial charge on any atom is -0.348 e. The average molecular weight is 366 g/mol. The summed E-state index contributed by atoms with van der Waals surface area (Å²) in [4.78, 5) is 2.33. The van der Waals surface area contributed by atoms with Crippen molar-refractivity contribution in [1.82, 2.24) is 9.91 Å². The largest absolute Gasteiger partial charge is 0.348 e. The molecule has 2 heterocycles. The SMILES string of the molecule is S=C(N1CCCCCC1)N1CCC(c2cccc(Br)c2)=N1. The highest BCUT2D eigenvalue weighted by molar-refractivity contribution is 9.10. The number of thiocarbonyl (C=S) groups is 1. The molecule has 0 N–H and O–H groups in total. The van der Waals surface area contributed by atoms with Crippen molar-refractivity contribution in [2.24, 2.45) is 5.10 Å². The highest BCUT2D eigenvalue weighted by Crippen LogP contribution is 2.20. The van der Waals surface area contributed by atoms with Crippen LogP contribution in [-0.2, 0) is 0 Å². The zero-order chi connectivity index (χ0) is 14.7. The molecule has 0 aromatic heterocycles. The molecule has 2 aliphatic rings. The van der Waals surface area contributed by atoms with Gasteiger partial charge in [-0.25, -0.2) is 5.01 Å². The molecule has 0 saturated carbocycles. The summed E-state index contributed by atoms with van der Waals surface area (Å²) < 4.78 is 1.09. The van der Waals surface area contributed by atoms with Crippen LogP contribution >= 0.6 is 28.1 Å². The molecule has 0 radical (unpaired) electrons. The Bertz CT molecular complexity index is 550. The van der Waals surface area contributed by atoms with Crippen LogP contribution in [0.3, 0.4) is 0 Å². The third-order valence-electron chi connectivity index (χ3n) is 4.06. The van der Waals surface area contributed by atoms with E-state index in [9.17, 15) is 0 Å². The van der Waals surface area contributed by atoms with E-state index in [2.05, 4.69) is 39.0 Å². The van der Waals surface area contributed by atoms with Gasteiger partial charge < -0.3 is 4.90 Å². The van der Waals surface area contributed by atoms with E-state index in [0.717, 1.165) is 41.4 Å². The van der Waals surface area contributed by atoms with Crippen LogP contribution in [0.1, 0.15) is 37.7 Å². The van der Waals surface area contributed by atoms with Gasteiger partial charge in [-0.3, -0.25) is 0 Å². The lowest BCUT2D eigenvalue weighted by Crippen LogP contribution is -2.40. The number of halogens is 1. The third kappa shape index (κ3) is 3.64. The fourth-order valence-electron chi connectivity index (χ4n) is 2.89. The maximum absolute atomic E-state index is 5.66. The van der Waals surface area contributed by atoms with E-state index in [-0.39, 0.29) is 0 Å². The van der Waals surface area contributed by atoms with Crippen LogP contribution in [0.5, 0.6) is 0 Å². The topological polar surface area (TPSA) is 18.8 Å². The highest BCUT2D eigenvalue weighted by atomic mass is 79.9. The number of hydrazone groups is 1. The first-order valence-electron chi connectivity index (χ1n) is 7.64. The average Bonchev–Trinajstić information content (AvgIpc) is 2.82. The van der Waals surface area contributed by atoms with Crippen molar-refractivity contribution in [3.05, 3.63) is 34.3 Å². The highest BCUT2D eigenvalue weighted by Gasteiger charge is 2.23. The summed E-state index contributed by atoms with van der Waals surface area (Å²) in [7, 11) is 0. The van der Waals surface area contributed by atoms with Crippen LogP contribution in [0.15, 0.2) is 33.8 Å². The van der Waals surface area contributed by atoms with E-state index >= 15 is 0 Å². The van der Waals surface area contributed by atoms with Crippen molar-refractivity contribution in [3.8, 4) is 0 Å². The second-order valence-electron chi connectivity index (χ2n) is 5.61. The lowest BCUT2D eigenvalue weighted by molar-refractivity contribution is 0.358. The predicted molar refractivity (Wildman–Crippen MR) is 94.6 cm³/mol. The number of rotatable bonds is 1. The van der Waals surface area contributed by atoms with Crippen LogP contribution in [-0.4, -0.2) is 40.4 Å². The molecule has 0 unspecified atom stereocenters. The Kier molecular flexibility index (Phi) is 4.91. The van der Waals surface area contributed by atoms with Crippen LogP contribution < -0.4 is 0 Å². The lowest BCUT2D eigenvalue weighted by atomic mass is 10.1. The monoisotopic (exact) mass is 365 g/mol. The summed E-state index contributed by atoms with van der Waals surface area (Å²) in [5.41, 5.74) is 2.32. The van der Waals surface area contributed by atoms with Crippen LogP contribution in [0.25, 0.3) is 0 Å².